The van der Waals surface area contributed by atoms with Crippen molar-refractivity contribution in [3.8, 4) is 0 Å². The average molecular weight is 466 g/mol. The minimum absolute atomic E-state index is 0.000146. The molecule has 0 unspecified atom stereocenters. The van der Waals surface area contributed by atoms with Gasteiger partial charge in [0.05, 0.1) is 10.6 Å². The number of rotatable bonds is 5. The number of nitrogen functional groups attached to an aromatic ring is 1. The van der Waals surface area contributed by atoms with Crippen molar-refractivity contribution >= 4 is 49.0 Å². The Labute approximate surface area is 188 Å². The molecule has 1 aliphatic carbocycles. The summed E-state index contributed by atoms with van der Waals surface area (Å²) >= 11 is 1.28. The summed E-state index contributed by atoms with van der Waals surface area (Å²) in [5.74, 6) is -0.285. The summed E-state index contributed by atoms with van der Waals surface area (Å²) in [6.45, 7) is 0. The third kappa shape index (κ3) is 3.71. The monoisotopic (exact) mass is 465 g/mol. The van der Waals surface area contributed by atoms with E-state index in [-0.39, 0.29) is 16.6 Å². The van der Waals surface area contributed by atoms with Gasteiger partial charge in [-0.1, -0.05) is 0 Å². The fourth-order valence-electron chi connectivity index (χ4n) is 3.78. The van der Waals surface area contributed by atoms with Gasteiger partial charge in [-0.3, -0.25) is 4.79 Å². The lowest BCUT2D eigenvalue weighted by molar-refractivity contribution is 0.104. The van der Waals surface area contributed by atoms with Crippen LogP contribution < -0.4 is 10.5 Å². The van der Waals surface area contributed by atoms with Gasteiger partial charge >= 0.3 is 0 Å². The smallest absolute Gasteiger partial charge is 0.264 e. The van der Waals surface area contributed by atoms with Crippen LogP contribution in [0.5, 0.6) is 0 Å². The van der Waals surface area contributed by atoms with Gasteiger partial charge in [-0.15, -0.1) is 11.3 Å². The van der Waals surface area contributed by atoms with E-state index >= 15 is 0 Å². The summed E-state index contributed by atoms with van der Waals surface area (Å²) < 4.78 is 27.4. The standard InChI is InChI=1S/C22H19N5O3S2/c23-18-16-12-14-4-1-2-5-17(14)26-21(16)31-20(18)19(28)13-6-8-15(9-7-13)32(29,30)27-22-24-10-3-11-25-22/h3,6-12H,1-2,4-5,23H2,(H,24,25,27). The van der Waals surface area contributed by atoms with Gasteiger partial charge in [0.2, 0.25) is 11.7 Å². The van der Waals surface area contributed by atoms with E-state index in [2.05, 4.69) is 20.8 Å². The number of carbonyl (C=O) groups is 1. The Morgan fingerprint density at radius 2 is 1.78 bits per heavy atom. The molecule has 0 saturated carbocycles. The molecule has 5 rings (SSSR count). The molecule has 0 aliphatic heterocycles. The SMILES string of the molecule is Nc1c(C(=O)c2ccc(S(=O)(=O)Nc3ncccn3)cc2)sc2nc3c(cc12)CCCC3. The van der Waals surface area contributed by atoms with Crippen LogP contribution in [0.3, 0.4) is 0 Å². The molecule has 4 aromatic rings. The second-order valence-electron chi connectivity index (χ2n) is 7.53. The molecule has 162 valence electrons. The fourth-order valence-corrected chi connectivity index (χ4v) is 5.79. The van der Waals surface area contributed by atoms with Crippen LogP contribution in [-0.4, -0.2) is 29.2 Å². The number of benzene rings is 1. The number of nitrogens with two attached hydrogens (primary N) is 1. The molecule has 3 aromatic heterocycles. The molecule has 1 aromatic carbocycles. The average Bonchev–Trinajstić information content (AvgIpc) is 3.13. The number of nitrogens with zero attached hydrogens (tertiary/aromatic N) is 3. The summed E-state index contributed by atoms with van der Waals surface area (Å²) in [4.78, 5) is 26.8. The number of anilines is 2. The summed E-state index contributed by atoms with van der Waals surface area (Å²) in [7, 11) is -3.88. The Morgan fingerprint density at radius 1 is 1.06 bits per heavy atom. The molecule has 32 heavy (non-hydrogen) atoms. The molecule has 0 fully saturated rings. The number of aromatic nitrogens is 3. The van der Waals surface area contributed by atoms with Crippen LogP contribution >= 0.6 is 11.3 Å². The van der Waals surface area contributed by atoms with E-state index in [1.54, 1.807) is 6.07 Å². The van der Waals surface area contributed by atoms with Gasteiger partial charge in [0, 0.05) is 29.0 Å². The highest BCUT2D eigenvalue weighted by atomic mass is 32.2. The van der Waals surface area contributed by atoms with E-state index in [9.17, 15) is 13.2 Å². The van der Waals surface area contributed by atoms with E-state index in [1.165, 1.54) is 53.6 Å². The first-order valence-corrected chi connectivity index (χ1v) is 12.4. The van der Waals surface area contributed by atoms with Gasteiger partial charge in [0.25, 0.3) is 10.0 Å². The number of ketones is 1. The van der Waals surface area contributed by atoms with Crippen LogP contribution in [-0.2, 0) is 22.9 Å². The van der Waals surface area contributed by atoms with Gasteiger partial charge in [0.1, 0.15) is 9.71 Å². The normalized spacial score (nSPS) is 13.6. The lowest BCUT2D eigenvalue weighted by atomic mass is 9.95. The van der Waals surface area contributed by atoms with Crippen molar-refractivity contribution in [2.45, 2.75) is 30.6 Å². The number of sulfonamides is 1. The number of aryl methyl sites for hydroxylation is 2. The van der Waals surface area contributed by atoms with Crippen LogP contribution in [0, 0.1) is 0 Å². The highest BCUT2D eigenvalue weighted by molar-refractivity contribution is 7.92. The summed E-state index contributed by atoms with van der Waals surface area (Å²) in [5.41, 5.74) is 9.40. The molecule has 0 saturated heterocycles. The van der Waals surface area contributed by atoms with Gasteiger partial charge in [-0.25, -0.2) is 28.1 Å². The summed E-state index contributed by atoms with van der Waals surface area (Å²) in [5, 5.41) is 0.810. The number of thiophene rings is 1. The van der Waals surface area contributed by atoms with Gasteiger partial charge in [-0.2, -0.15) is 0 Å². The van der Waals surface area contributed by atoms with Crippen molar-refractivity contribution in [3.05, 3.63) is 70.5 Å². The van der Waals surface area contributed by atoms with Gasteiger partial charge in [0.15, 0.2) is 0 Å². The Kier molecular flexibility index (Phi) is 5.10. The molecule has 0 amide bonds. The fraction of sp³-hybridized carbons (Fsp3) is 0.182. The summed E-state index contributed by atoms with van der Waals surface area (Å²) in [6.07, 6.45) is 7.06. The molecule has 3 heterocycles. The molecule has 0 radical (unpaired) electrons. The van der Waals surface area contributed by atoms with Crippen molar-refractivity contribution in [1.82, 2.24) is 15.0 Å². The van der Waals surface area contributed by atoms with Crippen molar-refractivity contribution in [2.75, 3.05) is 10.5 Å². The molecule has 3 N–H and O–H groups in total. The van der Waals surface area contributed by atoms with Crippen LogP contribution in [0.15, 0.2) is 53.7 Å². The first kappa shape index (κ1) is 20.5. The van der Waals surface area contributed by atoms with E-state index < -0.39 is 10.0 Å². The summed E-state index contributed by atoms with van der Waals surface area (Å²) in [6, 6.07) is 9.35. The van der Waals surface area contributed by atoms with E-state index in [1.807, 2.05) is 0 Å². The predicted molar refractivity (Wildman–Crippen MR) is 123 cm³/mol. The maximum absolute atomic E-state index is 13.1. The van der Waals surface area contributed by atoms with Gasteiger partial charge < -0.3 is 5.73 Å². The van der Waals surface area contributed by atoms with Crippen LogP contribution in [0.4, 0.5) is 11.6 Å². The Morgan fingerprint density at radius 3 is 2.53 bits per heavy atom. The molecule has 0 spiro atoms. The molecule has 8 nitrogen and oxygen atoms in total. The van der Waals surface area contributed by atoms with E-state index in [0.29, 0.717) is 16.1 Å². The van der Waals surface area contributed by atoms with Crippen molar-refractivity contribution in [2.24, 2.45) is 0 Å². The van der Waals surface area contributed by atoms with Crippen LogP contribution in [0.1, 0.15) is 39.3 Å². The number of nitrogens with one attached hydrogen (secondary N) is 1. The van der Waals surface area contributed by atoms with Crippen molar-refractivity contribution in [3.63, 3.8) is 0 Å². The maximum atomic E-state index is 13.1. The largest absolute Gasteiger partial charge is 0.397 e. The molecular formula is C22H19N5O3S2. The lowest BCUT2D eigenvalue weighted by Crippen LogP contribution is -2.15. The Balaban J connectivity index is 1.43. The third-order valence-electron chi connectivity index (χ3n) is 5.42. The quantitative estimate of drug-likeness (QED) is 0.431. The lowest BCUT2D eigenvalue weighted by Gasteiger charge is -2.14. The second-order valence-corrected chi connectivity index (χ2v) is 10.2. The minimum Gasteiger partial charge on any atom is -0.397 e. The van der Waals surface area contributed by atoms with E-state index in [4.69, 9.17) is 10.7 Å². The Hall–Kier alpha value is -3.37. The zero-order valence-electron chi connectivity index (χ0n) is 16.9. The minimum atomic E-state index is -3.88. The second kappa shape index (κ2) is 7.95. The molecule has 0 bridgehead atoms. The van der Waals surface area contributed by atoms with Gasteiger partial charge in [-0.05, 0) is 67.6 Å². The number of carbonyl (C=O) groups excluding carboxylic acids is 1. The third-order valence-corrected chi connectivity index (χ3v) is 7.88. The van der Waals surface area contributed by atoms with E-state index in [0.717, 1.165) is 41.6 Å². The zero-order chi connectivity index (χ0) is 22.3. The predicted octanol–water partition coefficient (Wildman–Crippen LogP) is 3.58. The maximum Gasteiger partial charge on any atom is 0.264 e. The highest BCUT2D eigenvalue weighted by Gasteiger charge is 2.22. The molecule has 10 heteroatoms. The van der Waals surface area contributed by atoms with Crippen molar-refractivity contribution < 1.29 is 13.2 Å². The highest BCUT2D eigenvalue weighted by Crippen LogP contribution is 2.36. The Bertz CT molecular complexity index is 1430. The van der Waals surface area contributed by atoms with Crippen LogP contribution in [0.2, 0.25) is 0 Å². The number of fused-ring (bicyclic) bond motifs is 2. The first-order valence-electron chi connectivity index (χ1n) is 10.1. The number of hydrogen-bond donors (Lipinski definition) is 2. The molecule has 0 atom stereocenters. The number of hydrogen-bond acceptors (Lipinski definition) is 8. The molecular weight excluding hydrogens is 446 g/mol. The van der Waals surface area contributed by atoms with Crippen molar-refractivity contribution in [1.29, 1.82) is 0 Å². The van der Waals surface area contributed by atoms with Crippen LogP contribution in [0.25, 0.3) is 10.2 Å². The zero-order valence-corrected chi connectivity index (χ0v) is 18.5. The number of pyridine rings is 1. The first-order chi connectivity index (χ1) is 15.4. The topological polar surface area (TPSA) is 128 Å². The molecule has 1 aliphatic rings.